The van der Waals surface area contributed by atoms with Gasteiger partial charge in [0.2, 0.25) is 0 Å². The molecule has 2 aromatic heterocycles. The summed E-state index contributed by atoms with van der Waals surface area (Å²) in [4.78, 5) is 5.33. The topological polar surface area (TPSA) is 32.8 Å². The summed E-state index contributed by atoms with van der Waals surface area (Å²) in [6, 6.07) is 114. The molecule has 0 aliphatic carbocycles. The van der Waals surface area contributed by atoms with Crippen LogP contribution in [-0.4, -0.2) is 6.71 Å². The minimum absolute atomic E-state index is 0.00394. The van der Waals surface area contributed by atoms with Crippen LogP contribution in [0.4, 0.5) is 34.1 Å². The second kappa shape index (κ2) is 26.1. The van der Waals surface area contributed by atoms with Gasteiger partial charge in [0.1, 0.15) is 22.3 Å². The van der Waals surface area contributed by atoms with Crippen LogP contribution >= 0.6 is 0 Å². The van der Waals surface area contributed by atoms with Crippen molar-refractivity contribution in [2.45, 2.75) is 106 Å². The quantitative estimate of drug-likeness (QED) is 0.128. The van der Waals surface area contributed by atoms with Crippen molar-refractivity contribution in [2.24, 2.45) is 0 Å². The Hall–Kier alpha value is -12.4. The largest absolute Gasteiger partial charge is 0.455 e. The first-order valence-electron chi connectivity index (χ1n) is 39.3. The lowest BCUT2D eigenvalue weighted by Gasteiger charge is -2.46. The van der Waals surface area contributed by atoms with Crippen LogP contribution in [-0.2, 0) is 16.2 Å². The van der Waals surface area contributed by atoms with Crippen molar-refractivity contribution in [3.63, 3.8) is 0 Å². The molecular formula is C106H89BN2O2. The lowest BCUT2D eigenvalue weighted by molar-refractivity contribution is 0.589. The molecule has 2 aliphatic heterocycles. The minimum Gasteiger partial charge on any atom is -0.455 e. The van der Waals surface area contributed by atoms with Crippen molar-refractivity contribution in [3.05, 3.63) is 342 Å². The maximum absolute atomic E-state index is 7.55. The first kappa shape index (κ1) is 69.1. The van der Waals surface area contributed by atoms with Crippen LogP contribution in [0.3, 0.4) is 0 Å². The number of aryl methyl sites for hydroxylation is 4. The first-order chi connectivity index (χ1) is 53.6. The molecule has 19 rings (SSSR count). The predicted octanol–water partition coefficient (Wildman–Crippen LogP) is 28.0. The summed E-state index contributed by atoms with van der Waals surface area (Å²) >= 11 is 0. The van der Waals surface area contributed by atoms with Crippen LogP contribution < -0.4 is 26.2 Å². The number of hydrogen-bond acceptors (Lipinski definition) is 4. The van der Waals surface area contributed by atoms with Gasteiger partial charge in [0.25, 0.3) is 6.71 Å². The third-order valence-corrected chi connectivity index (χ3v) is 23.8. The van der Waals surface area contributed by atoms with E-state index in [4.69, 9.17) is 8.83 Å². The minimum atomic E-state index is -0.332. The third-order valence-electron chi connectivity index (χ3n) is 23.8. The fraction of sp³-hybridized carbons (Fsp3) is 0.151. The van der Waals surface area contributed by atoms with E-state index in [9.17, 15) is 0 Å². The second-order valence-corrected chi connectivity index (χ2v) is 34.1. The number of nitrogens with zero attached hydrogens (tertiary/aromatic N) is 2. The van der Waals surface area contributed by atoms with E-state index in [0.29, 0.717) is 0 Å². The van der Waals surface area contributed by atoms with Crippen LogP contribution in [0.25, 0.3) is 133 Å². The zero-order valence-corrected chi connectivity index (χ0v) is 65.7. The van der Waals surface area contributed by atoms with Crippen molar-refractivity contribution in [3.8, 4) is 89.0 Å². The average molecular weight is 1430 g/mol. The maximum Gasteiger partial charge on any atom is 0.252 e. The summed E-state index contributed by atoms with van der Waals surface area (Å²) in [6.45, 7) is 29.6. The Morgan fingerprint density at radius 3 is 0.820 bits per heavy atom. The molecule has 0 atom stereocenters. The number of furan rings is 2. The van der Waals surface area contributed by atoms with E-state index < -0.39 is 0 Å². The number of anilines is 6. The maximum atomic E-state index is 7.55. The number of para-hydroxylation sites is 6. The number of benzene rings is 15. The normalized spacial score (nSPS) is 12.9. The van der Waals surface area contributed by atoms with Crippen molar-refractivity contribution in [2.75, 3.05) is 9.80 Å². The number of fused-ring (bicyclic) bond motifs is 10. The molecule has 17 aromatic rings. The Kier molecular flexibility index (Phi) is 16.3. The van der Waals surface area contributed by atoms with Crippen LogP contribution in [0.2, 0.25) is 0 Å². The van der Waals surface area contributed by atoms with Gasteiger partial charge in [-0.2, -0.15) is 0 Å². The van der Waals surface area contributed by atoms with Crippen LogP contribution in [0.1, 0.15) is 101 Å². The molecule has 0 saturated carbocycles. The van der Waals surface area contributed by atoms with Gasteiger partial charge in [-0.05, 0) is 168 Å². The molecule has 0 bridgehead atoms. The van der Waals surface area contributed by atoms with E-state index in [0.717, 1.165) is 156 Å². The van der Waals surface area contributed by atoms with Gasteiger partial charge in [-0.1, -0.05) is 341 Å². The molecule has 0 spiro atoms. The van der Waals surface area contributed by atoms with Gasteiger partial charge < -0.3 is 18.6 Å². The van der Waals surface area contributed by atoms with E-state index >= 15 is 0 Å². The van der Waals surface area contributed by atoms with Gasteiger partial charge in [-0.25, -0.2) is 0 Å². The van der Waals surface area contributed by atoms with E-state index in [-0.39, 0.29) is 23.0 Å². The average Bonchev–Trinajstić information content (AvgIpc) is 1.34. The molecule has 0 amide bonds. The highest BCUT2D eigenvalue weighted by atomic mass is 16.3. The molecular weight excluding hydrogens is 1340 g/mol. The summed E-state index contributed by atoms with van der Waals surface area (Å²) < 4.78 is 15.1. The molecule has 4 nitrogen and oxygen atoms in total. The Labute approximate surface area is 653 Å². The number of rotatable bonds is 10. The van der Waals surface area contributed by atoms with Gasteiger partial charge in [0.15, 0.2) is 0 Å². The summed E-state index contributed by atoms with van der Waals surface area (Å²) in [5, 5.41) is 4.37. The zero-order valence-electron chi connectivity index (χ0n) is 65.7. The van der Waals surface area contributed by atoms with Gasteiger partial charge in [0.05, 0.1) is 11.4 Å². The third kappa shape index (κ3) is 11.4. The Balaban J connectivity index is 0.933. The molecule has 0 N–H and O–H groups in total. The van der Waals surface area contributed by atoms with Crippen molar-refractivity contribution in [1.29, 1.82) is 0 Å². The fourth-order valence-corrected chi connectivity index (χ4v) is 18.4. The van der Waals surface area contributed by atoms with Crippen molar-refractivity contribution in [1.82, 2.24) is 0 Å². The fourth-order valence-electron chi connectivity index (χ4n) is 18.4. The van der Waals surface area contributed by atoms with Crippen LogP contribution in [0.5, 0.6) is 0 Å². The number of hydrogen-bond donors (Lipinski definition) is 0. The molecule has 0 radical (unpaired) electrons. The van der Waals surface area contributed by atoms with Gasteiger partial charge in [-0.15, -0.1) is 0 Å². The smallest absolute Gasteiger partial charge is 0.252 e. The predicted molar refractivity (Wildman–Crippen MR) is 474 cm³/mol. The van der Waals surface area contributed by atoms with Crippen molar-refractivity contribution < 1.29 is 8.83 Å². The van der Waals surface area contributed by atoms with Crippen LogP contribution in [0, 0.1) is 27.7 Å². The highest BCUT2D eigenvalue weighted by molar-refractivity contribution is 7.00. The van der Waals surface area contributed by atoms with Gasteiger partial charge in [0, 0.05) is 88.8 Å². The Morgan fingerprint density at radius 2 is 0.514 bits per heavy atom. The zero-order chi connectivity index (χ0) is 76.1. The molecule has 5 heteroatoms. The molecule has 0 saturated heterocycles. The highest BCUT2D eigenvalue weighted by Crippen LogP contribution is 2.55. The van der Waals surface area contributed by atoms with Crippen LogP contribution in [0.15, 0.2) is 312 Å². The molecule has 0 fully saturated rings. The molecule has 111 heavy (non-hydrogen) atoms. The molecule has 538 valence electrons. The first-order valence-corrected chi connectivity index (χ1v) is 39.3. The van der Waals surface area contributed by atoms with E-state index in [1.165, 1.54) is 66.5 Å². The molecule has 2 aliphatic rings. The van der Waals surface area contributed by atoms with E-state index in [2.05, 4.69) is 403 Å². The summed E-state index contributed by atoms with van der Waals surface area (Å²) in [5.41, 5.74) is 40.2. The lowest BCUT2D eigenvalue weighted by Crippen LogP contribution is -2.61. The summed E-state index contributed by atoms with van der Waals surface area (Å²) in [5.74, 6) is 0. The summed E-state index contributed by atoms with van der Waals surface area (Å²) in [6.07, 6.45) is 0. The van der Waals surface area contributed by atoms with E-state index in [1.807, 2.05) is 0 Å². The lowest BCUT2D eigenvalue weighted by atomic mass is 9.33. The van der Waals surface area contributed by atoms with Gasteiger partial charge in [-0.3, -0.25) is 0 Å². The molecule has 0 unspecified atom stereocenters. The van der Waals surface area contributed by atoms with Gasteiger partial charge >= 0.3 is 0 Å². The standard InChI is InChI=1S/C106H89BN2O2/c1-64-56-74(104(5,6)7)57-65(2)95(64)87-50-30-48-85-83-46-28-44-81(100(83)110-102(85)87)72-52-54-91-89(60-72)107-90-61-73(82-45-29-47-84-86-49-31-51-88(103(86)111-101(82)84)96-66(3)58-75(59-67(96)4)105(8,9)10)53-55-92(90)109(99-79(70-36-22-16-23-37-70)42-27-43-80(99)71-38-24-17-25-39-71)94-63-76(106(11,12)13)62-93(97(94)107)108(91)98-77(68-32-18-14-19-33-68)40-26-41-78(98)69-34-20-15-21-35-69/h14-63H,1-13H3. The summed E-state index contributed by atoms with van der Waals surface area (Å²) in [7, 11) is 0. The monoisotopic (exact) mass is 1430 g/mol. The Morgan fingerprint density at radius 1 is 0.243 bits per heavy atom. The van der Waals surface area contributed by atoms with Crippen molar-refractivity contribution >= 4 is 101 Å². The Bertz CT molecular complexity index is 6060. The molecule has 4 heterocycles. The van der Waals surface area contributed by atoms with E-state index in [1.54, 1.807) is 0 Å². The molecule has 15 aromatic carbocycles. The highest BCUT2D eigenvalue weighted by Gasteiger charge is 2.46. The SMILES string of the molecule is Cc1cc(C(C)(C)C)cc(C)c1-c1cccc2c1oc1c(-c3ccc4c(c3)B3c5cc(-c6cccc7c6oc6c(-c8c(C)cc(C(C)(C)C)cc8C)cccc67)ccc5N(c5c(-c6ccccc6)cccc5-c5ccccc5)c5cc(C(C)(C)C)cc(c53)N4c3c(-c4ccccc4)cccc3-c3ccccc3)cccc12. The second-order valence-electron chi connectivity index (χ2n) is 34.1.